The summed E-state index contributed by atoms with van der Waals surface area (Å²) in [4.78, 5) is 11.8. The third-order valence-electron chi connectivity index (χ3n) is 3.99. The number of carbonyl (C=O) groups excluding carboxylic acids is 1. The van der Waals surface area contributed by atoms with Gasteiger partial charge in [0.05, 0.1) is 45.1 Å². The number of rotatable bonds is 6. The molecule has 1 aromatic heterocycles. The summed E-state index contributed by atoms with van der Waals surface area (Å²) in [6, 6.07) is 0. The van der Waals surface area contributed by atoms with E-state index in [1.807, 2.05) is 6.20 Å². The van der Waals surface area contributed by atoms with Crippen LogP contribution in [0.5, 0.6) is 0 Å². The number of ether oxygens (including phenoxy) is 3. The molecule has 2 aliphatic rings. The van der Waals surface area contributed by atoms with E-state index in [4.69, 9.17) is 14.2 Å². The van der Waals surface area contributed by atoms with Gasteiger partial charge >= 0.3 is 5.97 Å². The minimum absolute atomic E-state index is 0.0214. The lowest BCUT2D eigenvalue weighted by Gasteiger charge is -2.22. The van der Waals surface area contributed by atoms with Crippen LogP contribution in [0.2, 0.25) is 0 Å². The molecule has 2 atom stereocenters. The van der Waals surface area contributed by atoms with E-state index < -0.39 is 0 Å². The zero-order valence-electron chi connectivity index (χ0n) is 12.2. The van der Waals surface area contributed by atoms with Gasteiger partial charge < -0.3 is 14.2 Å². The minimum Gasteiger partial charge on any atom is -0.469 e. The molecule has 1 aliphatic heterocycles. The third kappa shape index (κ3) is 3.79. The normalized spacial score (nSPS) is 23.8. The summed E-state index contributed by atoms with van der Waals surface area (Å²) in [5.74, 6) is 0.211. The maximum Gasteiger partial charge on any atom is 0.309 e. The van der Waals surface area contributed by atoms with Crippen molar-refractivity contribution in [2.24, 2.45) is 11.8 Å². The lowest BCUT2D eigenvalue weighted by Crippen LogP contribution is -2.32. The first-order valence-electron chi connectivity index (χ1n) is 7.42. The van der Waals surface area contributed by atoms with Crippen molar-refractivity contribution in [1.82, 2.24) is 15.0 Å². The Morgan fingerprint density at radius 1 is 1.52 bits per heavy atom. The molecule has 1 aromatic rings. The highest BCUT2D eigenvalue weighted by molar-refractivity contribution is 5.73. The summed E-state index contributed by atoms with van der Waals surface area (Å²) in [6.07, 6.45) is 4.70. The molecule has 7 heteroatoms. The Hall–Kier alpha value is -1.47. The van der Waals surface area contributed by atoms with E-state index in [9.17, 15) is 4.79 Å². The number of nitrogens with zero attached hydrogens (tertiary/aromatic N) is 3. The van der Waals surface area contributed by atoms with E-state index in [0.29, 0.717) is 38.7 Å². The van der Waals surface area contributed by atoms with Gasteiger partial charge in [-0.2, -0.15) is 0 Å². The Morgan fingerprint density at radius 3 is 3.05 bits per heavy atom. The predicted octanol–water partition coefficient (Wildman–Crippen LogP) is 0.435. The SMILES string of the molecule is COC(=O)C(Cc1cn(C[C@H]2COCCO2)nn1)C1CC1. The molecule has 2 heterocycles. The molecule has 116 valence electrons. The number of methoxy groups -OCH3 is 1. The summed E-state index contributed by atoms with van der Waals surface area (Å²) in [5, 5.41) is 8.26. The molecule has 1 saturated heterocycles. The molecule has 1 unspecified atom stereocenters. The average Bonchev–Trinajstić information content (AvgIpc) is 3.26. The number of carbonyl (C=O) groups is 1. The first kappa shape index (κ1) is 14.5. The molecular weight excluding hydrogens is 274 g/mol. The minimum atomic E-state index is -0.143. The molecule has 21 heavy (non-hydrogen) atoms. The first-order chi connectivity index (χ1) is 10.3. The second kappa shape index (κ2) is 6.53. The molecule has 3 rings (SSSR count). The largest absolute Gasteiger partial charge is 0.469 e. The van der Waals surface area contributed by atoms with Crippen LogP contribution in [0.4, 0.5) is 0 Å². The fourth-order valence-electron chi connectivity index (χ4n) is 2.69. The zero-order valence-corrected chi connectivity index (χ0v) is 12.2. The van der Waals surface area contributed by atoms with E-state index in [2.05, 4.69) is 10.3 Å². The van der Waals surface area contributed by atoms with Crippen molar-refractivity contribution in [3.63, 3.8) is 0 Å². The van der Waals surface area contributed by atoms with Gasteiger partial charge in [-0.1, -0.05) is 5.21 Å². The van der Waals surface area contributed by atoms with Crippen LogP contribution in [-0.4, -0.2) is 54.0 Å². The smallest absolute Gasteiger partial charge is 0.309 e. The van der Waals surface area contributed by atoms with Crippen molar-refractivity contribution in [1.29, 1.82) is 0 Å². The highest BCUT2D eigenvalue weighted by Gasteiger charge is 2.37. The van der Waals surface area contributed by atoms with Gasteiger partial charge in [-0.15, -0.1) is 5.10 Å². The average molecular weight is 295 g/mol. The van der Waals surface area contributed by atoms with Crippen molar-refractivity contribution in [3.8, 4) is 0 Å². The van der Waals surface area contributed by atoms with E-state index in [-0.39, 0.29) is 18.0 Å². The second-order valence-electron chi connectivity index (χ2n) is 5.67. The molecule has 0 bridgehead atoms. The van der Waals surface area contributed by atoms with Crippen molar-refractivity contribution in [3.05, 3.63) is 11.9 Å². The summed E-state index contributed by atoms with van der Waals surface area (Å²) in [7, 11) is 1.44. The Kier molecular flexibility index (Phi) is 4.50. The Morgan fingerprint density at radius 2 is 2.38 bits per heavy atom. The summed E-state index contributed by atoms with van der Waals surface area (Å²) >= 11 is 0. The fourth-order valence-corrected chi connectivity index (χ4v) is 2.69. The first-order valence-corrected chi connectivity index (χ1v) is 7.42. The predicted molar refractivity (Wildman–Crippen MR) is 72.5 cm³/mol. The molecule has 0 amide bonds. The lowest BCUT2D eigenvalue weighted by molar-refractivity contribution is -0.146. The molecule has 1 aliphatic carbocycles. The number of hydrogen-bond acceptors (Lipinski definition) is 6. The number of aromatic nitrogens is 3. The van der Waals surface area contributed by atoms with E-state index >= 15 is 0 Å². The molecule has 7 nitrogen and oxygen atoms in total. The topological polar surface area (TPSA) is 75.5 Å². The van der Waals surface area contributed by atoms with E-state index in [1.165, 1.54) is 7.11 Å². The van der Waals surface area contributed by atoms with Crippen molar-refractivity contribution >= 4 is 5.97 Å². The van der Waals surface area contributed by atoms with Crippen LogP contribution >= 0.6 is 0 Å². The van der Waals surface area contributed by atoms with Crippen LogP contribution in [0.25, 0.3) is 0 Å². The van der Waals surface area contributed by atoms with Gasteiger partial charge in [0.15, 0.2) is 0 Å². The van der Waals surface area contributed by atoms with Crippen molar-refractivity contribution < 1.29 is 19.0 Å². The molecule has 0 aromatic carbocycles. The van der Waals surface area contributed by atoms with Crippen LogP contribution in [-0.2, 0) is 32.0 Å². The molecule has 0 N–H and O–H groups in total. The fraction of sp³-hybridized carbons (Fsp3) is 0.786. The molecule has 0 spiro atoms. The number of esters is 1. The Bertz CT molecular complexity index is 480. The van der Waals surface area contributed by atoms with Crippen molar-refractivity contribution in [2.45, 2.75) is 31.9 Å². The quantitative estimate of drug-likeness (QED) is 0.709. The molecule has 2 fully saturated rings. The second-order valence-corrected chi connectivity index (χ2v) is 5.67. The highest BCUT2D eigenvalue weighted by atomic mass is 16.6. The Balaban J connectivity index is 1.57. The van der Waals surface area contributed by atoms with Crippen LogP contribution in [0.15, 0.2) is 6.20 Å². The molecule has 1 saturated carbocycles. The standard InChI is InChI=1S/C14H21N3O4/c1-19-14(18)13(10-2-3-10)6-11-7-17(16-15-11)8-12-9-20-4-5-21-12/h7,10,12-13H,2-6,8-9H2,1H3/t12-,13?/m0/s1. The highest BCUT2D eigenvalue weighted by Crippen LogP contribution is 2.38. The van der Waals surface area contributed by atoms with Gasteiger partial charge in [0.2, 0.25) is 0 Å². The Labute approximate surface area is 123 Å². The molecular formula is C14H21N3O4. The maximum absolute atomic E-state index is 11.8. The monoisotopic (exact) mass is 295 g/mol. The van der Waals surface area contributed by atoms with Gasteiger partial charge in [0.25, 0.3) is 0 Å². The summed E-state index contributed by atoms with van der Waals surface area (Å²) in [5.41, 5.74) is 0.828. The van der Waals surface area contributed by atoms with Crippen molar-refractivity contribution in [2.75, 3.05) is 26.9 Å². The third-order valence-corrected chi connectivity index (χ3v) is 3.99. The van der Waals surface area contributed by atoms with Gasteiger partial charge in [-0.25, -0.2) is 4.68 Å². The van der Waals surface area contributed by atoms with Crippen LogP contribution < -0.4 is 0 Å². The summed E-state index contributed by atoms with van der Waals surface area (Å²) < 4.78 is 17.6. The van der Waals surface area contributed by atoms with E-state index in [1.54, 1.807) is 4.68 Å². The zero-order chi connectivity index (χ0) is 14.7. The summed E-state index contributed by atoms with van der Waals surface area (Å²) in [6.45, 7) is 2.49. The van der Waals surface area contributed by atoms with Gasteiger partial charge in [0.1, 0.15) is 6.10 Å². The van der Waals surface area contributed by atoms with Gasteiger partial charge in [0, 0.05) is 12.6 Å². The van der Waals surface area contributed by atoms with Gasteiger partial charge in [-0.05, 0) is 18.8 Å². The lowest BCUT2D eigenvalue weighted by atomic mass is 9.98. The van der Waals surface area contributed by atoms with Crippen LogP contribution in [0.3, 0.4) is 0 Å². The number of hydrogen-bond donors (Lipinski definition) is 0. The molecule has 0 radical (unpaired) electrons. The maximum atomic E-state index is 11.8. The van der Waals surface area contributed by atoms with Crippen LogP contribution in [0, 0.1) is 11.8 Å². The van der Waals surface area contributed by atoms with E-state index in [0.717, 1.165) is 18.5 Å². The van der Waals surface area contributed by atoms with Gasteiger partial charge in [-0.3, -0.25) is 4.79 Å². The van der Waals surface area contributed by atoms with Crippen LogP contribution in [0.1, 0.15) is 18.5 Å².